The normalized spacial score (nSPS) is 25.7. The minimum Gasteiger partial charge on any atom is -0.362 e. The van der Waals surface area contributed by atoms with Crippen LogP contribution in [-0.4, -0.2) is 30.6 Å². The number of non-ortho nitro benzene ring substituents is 1. The second kappa shape index (κ2) is 4.41. The van der Waals surface area contributed by atoms with Gasteiger partial charge in [-0.1, -0.05) is 0 Å². The van der Waals surface area contributed by atoms with E-state index in [-0.39, 0.29) is 11.7 Å². The Kier molecular flexibility index (Phi) is 2.85. The molecule has 19 heavy (non-hydrogen) atoms. The van der Waals surface area contributed by atoms with Gasteiger partial charge in [0, 0.05) is 25.7 Å². The largest absolute Gasteiger partial charge is 0.362 e. The lowest BCUT2D eigenvalue weighted by Crippen LogP contribution is -2.35. The molecule has 2 atom stereocenters. The molecule has 1 N–H and O–H groups in total. The quantitative estimate of drug-likeness (QED) is 0.655. The predicted molar refractivity (Wildman–Crippen MR) is 65.1 cm³/mol. The molecule has 2 fully saturated rings. The maximum Gasteiger partial charge on any atom is 0.275 e. The highest BCUT2D eigenvalue weighted by atomic mass is 19.1. The third-order valence-electron chi connectivity index (χ3n) is 3.94. The Bertz CT molecular complexity index is 515. The molecule has 2 aliphatic rings. The van der Waals surface area contributed by atoms with Gasteiger partial charge in [-0.25, -0.2) is 8.78 Å². The van der Waals surface area contributed by atoms with Crippen molar-refractivity contribution in [3.05, 3.63) is 33.9 Å². The van der Waals surface area contributed by atoms with Gasteiger partial charge in [-0.2, -0.15) is 0 Å². The second-order valence-electron chi connectivity index (χ2n) is 4.98. The summed E-state index contributed by atoms with van der Waals surface area (Å²) in [4.78, 5) is 11.5. The van der Waals surface area contributed by atoms with Crippen molar-refractivity contribution in [1.82, 2.24) is 5.32 Å². The summed E-state index contributed by atoms with van der Waals surface area (Å²) in [6.45, 7) is 2.14. The SMILES string of the molecule is O=[N+]([O-])c1cc(F)c(N2CC[C@H]3CNC[C@H]32)c(F)c1. The molecule has 0 radical (unpaired) electrons. The fourth-order valence-electron chi connectivity index (χ4n) is 3.06. The molecule has 0 bridgehead atoms. The zero-order valence-corrected chi connectivity index (χ0v) is 10.1. The van der Waals surface area contributed by atoms with E-state index in [2.05, 4.69) is 5.32 Å². The van der Waals surface area contributed by atoms with Crippen molar-refractivity contribution in [2.45, 2.75) is 12.5 Å². The number of nitrogens with zero attached hydrogens (tertiary/aromatic N) is 2. The number of nitrogens with one attached hydrogen (secondary N) is 1. The molecule has 0 amide bonds. The van der Waals surface area contributed by atoms with Crippen LogP contribution in [0, 0.1) is 27.7 Å². The second-order valence-corrected chi connectivity index (χ2v) is 4.98. The molecule has 102 valence electrons. The van der Waals surface area contributed by atoms with Gasteiger partial charge in [-0.3, -0.25) is 10.1 Å². The number of nitro benzene ring substituents is 1. The third-order valence-corrected chi connectivity index (χ3v) is 3.94. The van der Waals surface area contributed by atoms with E-state index >= 15 is 0 Å². The van der Waals surface area contributed by atoms with Crippen LogP contribution in [0.2, 0.25) is 0 Å². The highest BCUT2D eigenvalue weighted by Crippen LogP contribution is 2.36. The van der Waals surface area contributed by atoms with Gasteiger partial charge >= 0.3 is 0 Å². The maximum atomic E-state index is 14.0. The highest BCUT2D eigenvalue weighted by molar-refractivity contribution is 5.55. The molecule has 2 heterocycles. The van der Waals surface area contributed by atoms with Gasteiger partial charge in [-0.05, 0) is 12.3 Å². The van der Waals surface area contributed by atoms with Crippen molar-refractivity contribution >= 4 is 11.4 Å². The molecule has 0 aromatic heterocycles. The number of hydrogen-bond donors (Lipinski definition) is 1. The van der Waals surface area contributed by atoms with Crippen LogP contribution in [-0.2, 0) is 0 Å². The van der Waals surface area contributed by atoms with E-state index in [9.17, 15) is 18.9 Å². The van der Waals surface area contributed by atoms with Crippen LogP contribution in [0.3, 0.4) is 0 Å². The number of rotatable bonds is 2. The fourth-order valence-corrected chi connectivity index (χ4v) is 3.06. The van der Waals surface area contributed by atoms with E-state index in [0.29, 0.717) is 19.0 Å². The van der Waals surface area contributed by atoms with Crippen molar-refractivity contribution in [2.75, 3.05) is 24.5 Å². The topological polar surface area (TPSA) is 58.4 Å². The standard InChI is InChI=1S/C12H13F2N3O2/c13-9-3-8(17(18)19)4-10(14)12(9)16-2-1-7-5-15-6-11(7)16/h3-4,7,11,15H,1-2,5-6H2/t7-,11+/m0/s1. The van der Waals surface area contributed by atoms with Crippen LogP contribution in [0.15, 0.2) is 12.1 Å². The molecule has 1 aromatic carbocycles. The zero-order chi connectivity index (χ0) is 13.6. The van der Waals surface area contributed by atoms with Crippen LogP contribution in [0.4, 0.5) is 20.2 Å². The van der Waals surface area contributed by atoms with Gasteiger partial charge in [0.25, 0.3) is 5.69 Å². The fraction of sp³-hybridized carbons (Fsp3) is 0.500. The van der Waals surface area contributed by atoms with Crippen LogP contribution < -0.4 is 10.2 Å². The summed E-state index contributed by atoms with van der Waals surface area (Å²) >= 11 is 0. The van der Waals surface area contributed by atoms with Gasteiger partial charge in [0.15, 0.2) is 11.6 Å². The summed E-state index contributed by atoms with van der Waals surface area (Å²) in [6.07, 6.45) is 0.882. The zero-order valence-electron chi connectivity index (χ0n) is 10.1. The molecular formula is C12H13F2N3O2. The van der Waals surface area contributed by atoms with Gasteiger partial charge < -0.3 is 10.2 Å². The van der Waals surface area contributed by atoms with Crippen molar-refractivity contribution in [3.63, 3.8) is 0 Å². The van der Waals surface area contributed by atoms with E-state index in [1.807, 2.05) is 0 Å². The van der Waals surface area contributed by atoms with E-state index < -0.39 is 22.2 Å². The highest BCUT2D eigenvalue weighted by Gasteiger charge is 2.39. The molecular weight excluding hydrogens is 256 g/mol. The number of anilines is 1. The Balaban J connectivity index is 1.99. The number of halogens is 2. The number of benzene rings is 1. The summed E-state index contributed by atoms with van der Waals surface area (Å²) in [5.74, 6) is -1.33. The van der Waals surface area contributed by atoms with Gasteiger partial charge in [-0.15, -0.1) is 0 Å². The monoisotopic (exact) mass is 269 g/mol. The summed E-state index contributed by atoms with van der Waals surface area (Å²) in [5, 5.41) is 13.8. The predicted octanol–water partition coefficient (Wildman–Crippen LogP) is 1.67. The molecule has 7 heteroatoms. The number of hydrogen-bond acceptors (Lipinski definition) is 4. The van der Waals surface area contributed by atoms with Crippen LogP contribution >= 0.6 is 0 Å². The van der Waals surface area contributed by atoms with E-state index in [4.69, 9.17) is 0 Å². The molecule has 1 aromatic rings. The van der Waals surface area contributed by atoms with Crippen molar-refractivity contribution < 1.29 is 13.7 Å². The lowest BCUT2D eigenvalue weighted by atomic mass is 10.0. The van der Waals surface area contributed by atoms with E-state index in [1.165, 1.54) is 0 Å². The Labute approximate surface area is 108 Å². The average Bonchev–Trinajstić information content (AvgIpc) is 2.92. The minimum absolute atomic E-state index is 0.0745. The Morgan fingerprint density at radius 3 is 2.63 bits per heavy atom. The molecule has 0 unspecified atom stereocenters. The number of fused-ring (bicyclic) bond motifs is 1. The first-order valence-corrected chi connectivity index (χ1v) is 6.18. The van der Waals surface area contributed by atoms with Crippen molar-refractivity contribution in [3.8, 4) is 0 Å². The Morgan fingerprint density at radius 2 is 2.00 bits per heavy atom. The summed E-state index contributed by atoms with van der Waals surface area (Å²) in [7, 11) is 0. The molecule has 2 saturated heterocycles. The first kappa shape index (κ1) is 12.3. The first-order valence-electron chi connectivity index (χ1n) is 6.18. The molecule has 2 aliphatic heterocycles. The molecule has 5 nitrogen and oxygen atoms in total. The molecule has 0 aliphatic carbocycles. The van der Waals surface area contributed by atoms with E-state index in [0.717, 1.165) is 25.1 Å². The molecule has 0 spiro atoms. The van der Waals surface area contributed by atoms with Gasteiger partial charge in [0.2, 0.25) is 0 Å². The van der Waals surface area contributed by atoms with Crippen LogP contribution in [0.5, 0.6) is 0 Å². The Morgan fingerprint density at radius 1 is 1.32 bits per heavy atom. The molecule has 0 saturated carbocycles. The third kappa shape index (κ3) is 1.94. The van der Waals surface area contributed by atoms with Gasteiger partial charge in [0.05, 0.1) is 17.1 Å². The van der Waals surface area contributed by atoms with Crippen molar-refractivity contribution in [2.24, 2.45) is 5.92 Å². The lowest BCUT2D eigenvalue weighted by molar-refractivity contribution is -0.385. The summed E-state index contributed by atoms with van der Waals surface area (Å²) in [6, 6.07) is 1.65. The maximum absolute atomic E-state index is 14.0. The van der Waals surface area contributed by atoms with Crippen LogP contribution in [0.1, 0.15) is 6.42 Å². The number of nitro groups is 1. The Hall–Kier alpha value is -1.76. The molecule has 3 rings (SSSR count). The van der Waals surface area contributed by atoms with E-state index in [1.54, 1.807) is 4.90 Å². The summed E-state index contributed by atoms with van der Waals surface area (Å²) < 4.78 is 27.9. The van der Waals surface area contributed by atoms with Crippen LogP contribution in [0.25, 0.3) is 0 Å². The van der Waals surface area contributed by atoms with Crippen molar-refractivity contribution in [1.29, 1.82) is 0 Å². The summed E-state index contributed by atoms with van der Waals surface area (Å²) in [5.41, 5.74) is -0.694. The van der Waals surface area contributed by atoms with Gasteiger partial charge in [0.1, 0.15) is 5.69 Å². The smallest absolute Gasteiger partial charge is 0.275 e. The lowest BCUT2D eigenvalue weighted by Gasteiger charge is -2.26. The average molecular weight is 269 g/mol. The minimum atomic E-state index is -0.862. The first-order chi connectivity index (χ1) is 9.08.